The molecule has 6 rings (SSSR count). The number of hydrogen-bond donors (Lipinski definition) is 0. The first kappa shape index (κ1) is 24.6. The maximum absolute atomic E-state index is 14.5. The molecule has 8 nitrogen and oxygen atoms in total. The molecule has 1 saturated heterocycles. The van der Waals surface area contributed by atoms with Crippen molar-refractivity contribution in [2.75, 3.05) is 41.0 Å². The lowest BCUT2D eigenvalue weighted by atomic mass is 9.67. The Morgan fingerprint density at radius 3 is 2.68 bits per heavy atom. The zero-order valence-electron chi connectivity index (χ0n) is 21.3. The molecule has 4 heterocycles. The van der Waals surface area contributed by atoms with Gasteiger partial charge in [-0.1, -0.05) is 22.0 Å². The van der Waals surface area contributed by atoms with Crippen molar-refractivity contribution in [3.05, 3.63) is 82.5 Å². The van der Waals surface area contributed by atoms with E-state index < -0.39 is 5.41 Å². The van der Waals surface area contributed by atoms with Gasteiger partial charge in [0.1, 0.15) is 11.2 Å². The third-order valence-electron chi connectivity index (χ3n) is 7.84. The molecule has 0 aliphatic carbocycles. The molecule has 0 N–H and O–H groups in total. The van der Waals surface area contributed by atoms with E-state index in [9.17, 15) is 9.59 Å². The molecule has 3 aliphatic rings. The second-order valence-electron chi connectivity index (χ2n) is 9.83. The number of ether oxygens (including phenoxy) is 1. The lowest BCUT2D eigenvalue weighted by Crippen LogP contribution is -2.67. The van der Waals surface area contributed by atoms with Gasteiger partial charge in [-0.25, -0.2) is 9.78 Å². The van der Waals surface area contributed by atoms with Crippen LogP contribution in [-0.4, -0.2) is 54.9 Å². The van der Waals surface area contributed by atoms with Gasteiger partial charge in [-0.2, -0.15) is 10.1 Å². The maximum atomic E-state index is 14.5. The van der Waals surface area contributed by atoms with Gasteiger partial charge in [0.25, 0.3) is 5.91 Å². The fourth-order valence-electron chi connectivity index (χ4n) is 5.98. The molecule has 1 amide bonds. The molecule has 3 aliphatic heterocycles. The summed E-state index contributed by atoms with van der Waals surface area (Å²) >= 11 is 3.63. The smallest absolute Gasteiger partial charge is 0.338 e. The summed E-state index contributed by atoms with van der Waals surface area (Å²) in [6, 6.07) is 19.0. The first-order chi connectivity index (χ1) is 18.4. The first-order valence-electron chi connectivity index (χ1n) is 12.8. The van der Waals surface area contributed by atoms with E-state index in [1.165, 1.54) is 10.7 Å². The zero-order valence-corrected chi connectivity index (χ0v) is 22.9. The summed E-state index contributed by atoms with van der Waals surface area (Å²) < 4.78 is 6.09. The molecule has 1 aromatic heterocycles. The lowest BCUT2D eigenvalue weighted by Gasteiger charge is -2.53. The Labute approximate surface area is 230 Å². The number of rotatable bonds is 4. The van der Waals surface area contributed by atoms with E-state index in [1.807, 2.05) is 25.1 Å². The molecule has 0 saturated carbocycles. The molecule has 2 atom stereocenters. The highest BCUT2D eigenvalue weighted by atomic mass is 79.9. The van der Waals surface area contributed by atoms with Crippen LogP contribution in [0, 0.1) is 5.41 Å². The third kappa shape index (κ3) is 3.88. The van der Waals surface area contributed by atoms with E-state index in [2.05, 4.69) is 48.9 Å². The molecule has 38 heavy (non-hydrogen) atoms. The minimum absolute atomic E-state index is 0.0534. The lowest BCUT2D eigenvalue weighted by molar-refractivity contribution is -0.125. The first-order valence-corrected chi connectivity index (χ1v) is 13.6. The monoisotopic (exact) mass is 573 g/mol. The largest absolute Gasteiger partial charge is 0.462 e. The predicted octanol–water partition coefficient (Wildman–Crippen LogP) is 4.68. The van der Waals surface area contributed by atoms with Gasteiger partial charge in [0.15, 0.2) is 0 Å². The van der Waals surface area contributed by atoms with Crippen LogP contribution in [0.15, 0.2) is 76.4 Å². The van der Waals surface area contributed by atoms with Crippen molar-refractivity contribution in [2.24, 2.45) is 10.5 Å². The molecule has 2 aromatic carbocycles. The van der Waals surface area contributed by atoms with Crippen LogP contribution in [0.3, 0.4) is 0 Å². The summed E-state index contributed by atoms with van der Waals surface area (Å²) in [7, 11) is 0. The predicted molar refractivity (Wildman–Crippen MR) is 151 cm³/mol. The third-order valence-corrected chi connectivity index (χ3v) is 8.33. The number of aromatic nitrogens is 1. The quantitative estimate of drug-likeness (QED) is 0.422. The van der Waals surface area contributed by atoms with Gasteiger partial charge in [-0.15, -0.1) is 0 Å². The van der Waals surface area contributed by atoms with Crippen molar-refractivity contribution in [3.8, 4) is 0 Å². The molecular formula is C29H28BrN5O3. The van der Waals surface area contributed by atoms with Crippen LogP contribution < -0.4 is 14.8 Å². The zero-order chi connectivity index (χ0) is 26.4. The Kier molecular flexibility index (Phi) is 6.18. The van der Waals surface area contributed by atoms with Crippen LogP contribution in [0.5, 0.6) is 0 Å². The Morgan fingerprint density at radius 1 is 1.13 bits per heavy atom. The Bertz CT molecular complexity index is 1430. The van der Waals surface area contributed by atoms with Crippen molar-refractivity contribution >= 4 is 50.7 Å². The number of anilines is 3. The van der Waals surface area contributed by atoms with Crippen molar-refractivity contribution in [2.45, 2.75) is 26.3 Å². The Hall–Kier alpha value is -3.72. The molecule has 194 valence electrons. The molecule has 3 aromatic rings. The molecule has 0 unspecified atom stereocenters. The molecule has 0 bridgehead atoms. The number of carbonyl (C=O) groups is 2. The number of carbonyl (C=O) groups excluding carboxylic acids is 2. The van der Waals surface area contributed by atoms with Gasteiger partial charge in [0.05, 0.1) is 29.6 Å². The summed E-state index contributed by atoms with van der Waals surface area (Å²) in [6.45, 7) is 6.28. The highest BCUT2D eigenvalue weighted by Crippen LogP contribution is 2.49. The van der Waals surface area contributed by atoms with Crippen LogP contribution in [0.25, 0.3) is 0 Å². The summed E-state index contributed by atoms with van der Waals surface area (Å²) in [6.07, 6.45) is 2.37. The van der Waals surface area contributed by atoms with E-state index in [1.54, 1.807) is 37.4 Å². The number of amides is 1. The minimum atomic E-state index is -0.832. The van der Waals surface area contributed by atoms with Crippen molar-refractivity contribution in [1.82, 2.24) is 4.98 Å². The highest BCUT2D eigenvalue weighted by molar-refractivity contribution is 9.10. The number of pyridine rings is 1. The maximum Gasteiger partial charge on any atom is 0.338 e. The van der Waals surface area contributed by atoms with Crippen LogP contribution >= 0.6 is 15.9 Å². The van der Waals surface area contributed by atoms with Gasteiger partial charge in [-0.3, -0.25) is 4.79 Å². The topological polar surface area (TPSA) is 78.3 Å². The molecule has 9 heteroatoms. The minimum Gasteiger partial charge on any atom is -0.462 e. The van der Waals surface area contributed by atoms with Gasteiger partial charge >= 0.3 is 5.97 Å². The number of hydrazone groups is 1. The SMILES string of the molecule is CCOC(=O)c1ccc(N2N=C(C)[C@]3(Cc4cc(Br)ccc4N4CCN(c5ccccn5)C[C@@H]43)C2=O)cc1. The van der Waals surface area contributed by atoms with E-state index in [-0.39, 0.29) is 17.9 Å². The van der Waals surface area contributed by atoms with Crippen molar-refractivity contribution in [3.63, 3.8) is 0 Å². The van der Waals surface area contributed by atoms with Gasteiger partial charge in [0, 0.05) is 36.0 Å². The molecule has 1 spiro atoms. The van der Waals surface area contributed by atoms with Crippen LogP contribution in [0.2, 0.25) is 0 Å². The van der Waals surface area contributed by atoms with Crippen LogP contribution in [0.1, 0.15) is 29.8 Å². The van der Waals surface area contributed by atoms with Gasteiger partial charge in [0.2, 0.25) is 0 Å². The Balaban J connectivity index is 1.39. The number of piperazine rings is 1. The number of hydrogen-bond acceptors (Lipinski definition) is 7. The number of nitrogens with zero attached hydrogens (tertiary/aromatic N) is 5. The van der Waals surface area contributed by atoms with E-state index in [0.717, 1.165) is 34.7 Å². The number of halogens is 1. The van der Waals surface area contributed by atoms with Crippen molar-refractivity contribution < 1.29 is 14.3 Å². The molecule has 0 radical (unpaired) electrons. The van der Waals surface area contributed by atoms with Crippen LogP contribution in [0.4, 0.5) is 17.2 Å². The normalized spacial score (nSPS) is 22.3. The summed E-state index contributed by atoms with van der Waals surface area (Å²) in [5.41, 5.74) is 3.33. The summed E-state index contributed by atoms with van der Waals surface area (Å²) in [5, 5.41) is 6.33. The standard InChI is InChI=1S/C29H28BrN5O3/c1-3-38-27(36)20-7-10-23(11-8-20)35-28(37)29(19(2)32-35)17-21-16-22(30)9-12-24(21)34-15-14-33(18-25(29)34)26-6-4-5-13-31-26/h4-13,16,25H,3,14-15,17-18H2,1-2H3/t25-,29+/m1/s1. The van der Waals surface area contributed by atoms with E-state index in [0.29, 0.717) is 30.8 Å². The molecular weight excluding hydrogens is 546 g/mol. The number of fused-ring (bicyclic) bond motifs is 4. The summed E-state index contributed by atoms with van der Waals surface area (Å²) in [5.74, 6) is 0.475. The highest BCUT2D eigenvalue weighted by Gasteiger charge is 2.60. The molecule has 1 fully saturated rings. The van der Waals surface area contributed by atoms with Crippen molar-refractivity contribution in [1.29, 1.82) is 0 Å². The number of benzene rings is 2. The van der Waals surface area contributed by atoms with Gasteiger partial charge < -0.3 is 14.5 Å². The average molecular weight is 574 g/mol. The van der Waals surface area contributed by atoms with Crippen LogP contribution in [-0.2, 0) is 16.0 Å². The fourth-order valence-corrected chi connectivity index (χ4v) is 6.39. The second kappa shape index (κ2) is 9.54. The average Bonchev–Trinajstić information content (AvgIpc) is 3.19. The fraction of sp³-hybridized carbons (Fsp3) is 0.310. The summed E-state index contributed by atoms with van der Waals surface area (Å²) in [4.78, 5) is 35.8. The van der Waals surface area contributed by atoms with Gasteiger partial charge in [-0.05, 0) is 80.4 Å². The van der Waals surface area contributed by atoms with E-state index >= 15 is 0 Å². The second-order valence-corrected chi connectivity index (χ2v) is 10.7. The van der Waals surface area contributed by atoms with E-state index in [4.69, 9.17) is 9.84 Å². The Morgan fingerprint density at radius 2 is 1.95 bits per heavy atom. The number of esters is 1.